The predicted octanol–water partition coefficient (Wildman–Crippen LogP) is 6.95. The summed E-state index contributed by atoms with van der Waals surface area (Å²) in [7, 11) is 0. The van der Waals surface area contributed by atoms with Gasteiger partial charge in [0.15, 0.2) is 0 Å². The Kier molecular flexibility index (Phi) is 7.04. The van der Waals surface area contributed by atoms with E-state index in [2.05, 4.69) is 33.4 Å². The molecule has 0 spiro atoms. The number of carboxylic acid groups (broad SMARTS) is 1. The highest BCUT2D eigenvalue weighted by atomic mass is 79.9. The molecule has 1 unspecified atom stereocenters. The second-order valence-corrected chi connectivity index (χ2v) is 10.9. The Labute approximate surface area is 243 Å². The number of imidazole rings is 1. The molecule has 9 heteroatoms. The van der Waals surface area contributed by atoms with Gasteiger partial charge in [0.25, 0.3) is 0 Å². The molecule has 2 heterocycles. The molecule has 0 aliphatic heterocycles. The molecule has 2 aromatic heterocycles. The van der Waals surface area contributed by atoms with Crippen LogP contribution in [0.3, 0.4) is 0 Å². The molecule has 7 nitrogen and oxygen atoms in total. The third-order valence-electron chi connectivity index (χ3n) is 7.13. The number of hydrogen-bond acceptors (Lipinski definition) is 4. The van der Waals surface area contributed by atoms with E-state index in [9.17, 15) is 14.7 Å². The highest BCUT2D eigenvalue weighted by Gasteiger charge is 2.30. The molecule has 1 aliphatic rings. The summed E-state index contributed by atoms with van der Waals surface area (Å²) < 4.78 is 8.24. The number of hydrogen-bond donors (Lipinski definition) is 2. The van der Waals surface area contributed by atoms with Gasteiger partial charge in [-0.25, -0.2) is 14.6 Å². The minimum atomic E-state index is -1.25. The summed E-state index contributed by atoms with van der Waals surface area (Å²) in [5.41, 5.74) is 7.05. The number of aromatic nitrogens is 2. The van der Waals surface area contributed by atoms with Crippen LogP contribution in [0.25, 0.3) is 28.0 Å². The zero-order valence-electron chi connectivity index (χ0n) is 21.1. The molecule has 1 aliphatic carbocycles. The number of carbonyl (C=O) groups is 2. The standard InChI is InChI=1S/C31H23BrClN3O4/c32-19-11-14-28-35-29(18-9-12-20(33)13-10-18)27(36(28)16-19)15-26(30(37)38)34-31(39)40-17-25-23-7-3-1-5-21(23)22-6-2-4-8-24(22)25/h1-14,16,25-26H,15,17H2,(H,34,39)(H,37,38). The summed E-state index contributed by atoms with van der Waals surface area (Å²) in [5.74, 6) is -1.31. The Morgan fingerprint density at radius 3 is 2.27 bits per heavy atom. The van der Waals surface area contributed by atoms with Crippen molar-refractivity contribution in [3.63, 3.8) is 0 Å². The van der Waals surface area contributed by atoms with Gasteiger partial charge in [-0.05, 0) is 62.4 Å². The number of alkyl carbamates (subject to hydrolysis) is 1. The van der Waals surface area contributed by atoms with E-state index < -0.39 is 18.1 Å². The fourth-order valence-corrected chi connectivity index (χ4v) is 5.74. The molecule has 2 N–H and O–H groups in total. The normalized spacial score (nSPS) is 13.1. The number of fused-ring (bicyclic) bond motifs is 4. The molecular formula is C31H23BrClN3O4. The first-order valence-corrected chi connectivity index (χ1v) is 13.8. The highest BCUT2D eigenvalue weighted by molar-refractivity contribution is 9.10. The van der Waals surface area contributed by atoms with Gasteiger partial charge in [-0.15, -0.1) is 0 Å². The lowest BCUT2D eigenvalue weighted by Gasteiger charge is -2.18. The molecule has 0 bridgehead atoms. The first-order chi connectivity index (χ1) is 19.4. The lowest BCUT2D eigenvalue weighted by molar-refractivity contribution is -0.139. The third kappa shape index (κ3) is 4.96. The average molecular weight is 617 g/mol. The number of pyridine rings is 1. The van der Waals surface area contributed by atoms with Crippen molar-refractivity contribution >= 4 is 45.2 Å². The monoisotopic (exact) mass is 615 g/mol. The van der Waals surface area contributed by atoms with Gasteiger partial charge in [0.2, 0.25) is 0 Å². The molecule has 40 heavy (non-hydrogen) atoms. The fraction of sp³-hybridized carbons (Fsp3) is 0.129. The van der Waals surface area contributed by atoms with Crippen molar-refractivity contribution in [1.29, 1.82) is 0 Å². The van der Waals surface area contributed by atoms with E-state index >= 15 is 0 Å². The summed E-state index contributed by atoms with van der Waals surface area (Å²) in [5, 5.41) is 13.2. The first kappa shape index (κ1) is 26.1. The van der Waals surface area contributed by atoms with Crippen LogP contribution in [-0.2, 0) is 16.0 Å². The zero-order chi connectivity index (χ0) is 27.8. The minimum absolute atomic E-state index is 0.0187. The Morgan fingerprint density at radius 1 is 0.975 bits per heavy atom. The number of benzene rings is 3. The fourth-order valence-electron chi connectivity index (χ4n) is 5.28. The number of carboxylic acids is 1. The number of rotatable bonds is 7. The van der Waals surface area contributed by atoms with Crippen LogP contribution in [0.4, 0.5) is 4.79 Å². The van der Waals surface area contributed by atoms with Crippen molar-refractivity contribution in [3.05, 3.63) is 117 Å². The Hall–Kier alpha value is -4.14. The Morgan fingerprint density at radius 2 is 1.62 bits per heavy atom. The largest absolute Gasteiger partial charge is 0.480 e. The molecule has 1 atom stereocenters. The molecule has 0 radical (unpaired) electrons. The van der Waals surface area contributed by atoms with Crippen LogP contribution < -0.4 is 5.32 Å². The first-order valence-electron chi connectivity index (χ1n) is 12.7. The van der Waals surface area contributed by atoms with Crippen LogP contribution in [0.2, 0.25) is 5.02 Å². The number of amides is 1. The molecule has 1 amide bonds. The molecule has 0 saturated heterocycles. The summed E-state index contributed by atoms with van der Waals surface area (Å²) >= 11 is 9.56. The third-order valence-corrected chi connectivity index (χ3v) is 7.85. The molecule has 5 aromatic rings. The van der Waals surface area contributed by atoms with Crippen LogP contribution in [0, 0.1) is 0 Å². The van der Waals surface area contributed by atoms with Crippen molar-refractivity contribution in [2.45, 2.75) is 18.4 Å². The molecule has 3 aromatic carbocycles. The van der Waals surface area contributed by atoms with Gasteiger partial charge in [-0.2, -0.15) is 0 Å². The number of ether oxygens (including phenoxy) is 1. The predicted molar refractivity (Wildman–Crippen MR) is 157 cm³/mol. The second kappa shape index (κ2) is 10.8. The Balaban J connectivity index is 1.24. The van der Waals surface area contributed by atoms with Crippen LogP contribution in [-0.4, -0.2) is 39.2 Å². The van der Waals surface area contributed by atoms with Crippen LogP contribution in [0.1, 0.15) is 22.7 Å². The molecule has 0 fully saturated rings. The van der Waals surface area contributed by atoms with Crippen molar-refractivity contribution < 1.29 is 19.4 Å². The topological polar surface area (TPSA) is 92.9 Å². The highest BCUT2D eigenvalue weighted by Crippen LogP contribution is 2.44. The maximum Gasteiger partial charge on any atom is 0.407 e. The average Bonchev–Trinajstić information content (AvgIpc) is 3.47. The molecule has 6 rings (SSSR count). The quantitative estimate of drug-likeness (QED) is 0.206. The minimum Gasteiger partial charge on any atom is -0.480 e. The lowest BCUT2D eigenvalue weighted by atomic mass is 9.98. The van der Waals surface area contributed by atoms with Gasteiger partial charge in [-0.3, -0.25) is 0 Å². The van der Waals surface area contributed by atoms with Crippen molar-refractivity contribution in [2.75, 3.05) is 6.61 Å². The Bertz CT molecular complexity index is 1710. The molecular weight excluding hydrogens is 594 g/mol. The van der Waals surface area contributed by atoms with Crippen LogP contribution in [0.15, 0.2) is 95.6 Å². The van der Waals surface area contributed by atoms with Crippen molar-refractivity contribution in [1.82, 2.24) is 14.7 Å². The van der Waals surface area contributed by atoms with Gasteiger partial charge in [0.05, 0.1) is 11.4 Å². The van der Waals surface area contributed by atoms with Gasteiger partial charge < -0.3 is 19.6 Å². The summed E-state index contributed by atoms with van der Waals surface area (Å²) in [6.07, 6.45) is 1.01. The van der Waals surface area contributed by atoms with Gasteiger partial charge >= 0.3 is 12.1 Å². The smallest absolute Gasteiger partial charge is 0.407 e. The van der Waals surface area contributed by atoms with Crippen LogP contribution >= 0.6 is 27.5 Å². The van der Waals surface area contributed by atoms with E-state index in [1.54, 1.807) is 12.1 Å². The number of nitrogens with zero attached hydrogens (tertiary/aromatic N) is 2. The van der Waals surface area contributed by atoms with Gasteiger partial charge in [-0.1, -0.05) is 72.3 Å². The van der Waals surface area contributed by atoms with Crippen LogP contribution in [0.5, 0.6) is 0 Å². The van der Waals surface area contributed by atoms with E-state index in [0.717, 1.165) is 32.3 Å². The van der Waals surface area contributed by atoms with Gasteiger partial charge in [0, 0.05) is 33.6 Å². The molecule has 0 saturated carbocycles. The number of nitrogens with one attached hydrogen (secondary N) is 1. The SMILES string of the molecule is O=C(NC(Cc1c(-c2ccc(Cl)cc2)nc2ccc(Br)cn12)C(=O)O)OCC1c2ccccc2-c2ccccc21. The number of carbonyl (C=O) groups excluding carboxylic acids is 1. The van der Waals surface area contributed by atoms with E-state index in [1.165, 1.54) is 0 Å². The number of halogens is 2. The summed E-state index contributed by atoms with van der Waals surface area (Å²) in [6, 6.07) is 25.7. The summed E-state index contributed by atoms with van der Waals surface area (Å²) in [4.78, 5) is 30.0. The number of aliphatic carboxylic acids is 1. The zero-order valence-corrected chi connectivity index (χ0v) is 23.4. The van der Waals surface area contributed by atoms with Gasteiger partial charge in [0.1, 0.15) is 18.3 Å². The van der Waals surface area contributed by atoms with Crippen molar-refractivity contribution in [3.8, 4) is 22.4 Å². The maximum atomic E-state index is 12.9. The van der Waals surface area contributed by atoms with Crippen molar-refractivity contribution in [2.24, 2.45) is 0 Å². The van der Waals surface area contributed by atoms with E-state index in [-0.39, 0.29) is 18.9 Å². The maximum absolute atomic E-state index is 12.9. The second-order valence-electron chi connectivity index (χ2n) is 9.55. The van der Waals surface area contributed by atoms with E-state index in [1.807, 2.05) is 71.3 Å². The molecule has 200 valence electrons. The van der Waals surface area contributed by atoms with E-state index in [4.69, 9.17) is 21.3 Å². The van der Waals surface area contributed by atoms with E-state index in [0.29, 0.717) is 22.1 Å². The summed E-state index contributed by atoms with van der Waals surface area (Å²) in [6.45, 7) is 0.0881. The lowest BCUT2D eigenvalue weighted by Crippen LogP contribution is -2.43.